The van der Waals surface area contributed by atoms with Crippen molar-refractivity contribution in [2.75, 3.05) is 45.3 Å². The molecule has 0 N–H and O–H groups in total. The van der Waals surface area contributed by atoms with Gasteiger partial charge in [0.05, 0.1) is 19.1 Å². The fraction of sp³-hybridized carbons (Fsp3) is 0.467. The van der Waals surface area contributed by atoms with E-state index in [0.717, 1.165) is 32.8 Å². The Labute approximate surface area is 123 Å². The molecule has 0 amide bonds. The zero-order valence-electron chi connectivity index (χ0n) is 11.2. The van der Waals surface area contributed by atoms with Crippen LogP contribution in [-0.2, 0) is 4.74 Å². The summed E-state index contributed by atoms with van der Waals surface area (Å²) in [6.45, 7) is 4.68. The average molecular weight is 298 g/mol. The summed E-state index contributed by atoms with van der Waals surface area (Å²) in [5.41, 5.74) is 0.576. The quantitative estimate of drug-likeness (QED) is 0.628. The van der Waals surface area contributed by atoms with E-state index >= 15 is 0 Å². The van der Waals surface area contributed by atoms with E-state index in [4.69, 9.17) is 21.1 Å². The van der Waals surface area contributed by atoms with E-state index in [0.29, 0.717) is 17.9 Å². The highest BCUT2D eigenvalue weighted by Crippen LogP contribution is 2.16. The number of rotatable bonds is 4. The maximum Gasteiger partial charge on any atom is 0.128 e. The number of hydrogen-bond acceptors (Lipinski definition) is 3. The Hall–Kier alpha value is -1.28. The summed E-state index contributed by atoms with van der Waals surface area (Å²) in [6.07, 6.45) is 0. The first-order valence-electron chi connectivity index (χ1n) is 6.56. The third-order valence-electron chi connectivity index (χ3n) is 2.95. The molecule has 5 heteroatoms. The van der Waals surface area contributed by atoms with E-state index in [9.17, 15) is 4.39 Å². The van der Waals surface area contributed by atoms with Crippen LogP contribution in [0.25, 0.3) is 0 Å². The fourth-order valence-electron chi connectivity index (χ4n) is 1.97. The van der Waals surface area contributed by atoms with Crippen molar-refractivity contribution < 1.29 is 13.9 Å². The topological polar surface area (TPSA) is 21.7 Å². The molecular formula is C15H17ClFNO2. The predicted molar refractivity (Wildman–Crippen MR) is 76.8 cm³/mol. The molecule has 108 valence electrons. The summed E-state index contributed by atoms with van der Waals surface area (Å²) in [6, 6.07) is 4.46. The van der Waals surface area contributed by atoms with Crippen molar-refractivity contribution in [3.05, 3.63) is 29.6 Å². The summed E-state index contributed by atoms with van der Waals surface area (Å²) in [5, 5.41) is 0. The van der Waals surface area contributed by atoms with Crippen LogP contribution < -0.4 is 4.74 Å². The normalized spacial score (nSPS) is 15.5. The molecule has 1 fully saturated rings. The van der Waals surface area contributed by atoms with Gasteiger partial charge in [-0.25, -0.2) is 4.39 Å². The molecule has 1 saturated heterocycles. The van der Waals surface area contributed by atoms with Crippen molar-refractivity contribution >= 4 is 11.6 Å². The van der Waals surface area contributed by atoms with E-state index in [1.165, 1.54) is 12.1 Å². The van der Waals surface area contributed by atoms with Crippen LogP contribution in [-0.4, -0.2) is 50.2 Å². The van der Waals surface area contributed by atoms with Crippen molar-refractivity contribution in [3.63, 3.8) is 0 Å². The second-order valence-electron chi connectivity index (χ2n) is 4.41. The zero-order valence-corrected chi connectivity index (χ0v) is 12.0. The molecule has 3 nitrogen and oxygen atoms in total. The number of benzene rings is 1. The Morgan fingerprint density at radius 2 is 2.10 bits per heavy atom. The molecule has 2 rings (SSSR count). The van der Waals surface area contributed by atoms with E-state index in [2.05, 4.69) is 16.7 Å². The van der Waals surface area contributed by atoms with Gasteiger partial charge in [0.15, 0.2) is 0 Å². The van der Waals surface area contributed by atoms with E-state index in [-0.39, 0.29) is 11.7 Å². The van der Waals surface area contributed by atoms with Gasteiger partial charge in [0.2, 0.25) is 0 Å². The number of alkyl halides is 1. The van der Waals surface area contributed by atoms with Crippen LogP contribution in [0.1, 0.15) is 5.56 Å². The van der Waals surface area contributed by atoms with Gasteiger partial charge in [0, 0.05) is 31.3 Å². The third-order valence-corrected chi connectivity index (χ3v) is 3.08. The lowest BCUT2D eigenvalue weighted by Crippen LogP contribution is -2.38. The lowest BCUT2D eigenvalue weighted by Gasteiger charge is -2.26. The van der Waals surface area contributed by atoms with Gasteiger partial charge in [0.1, 0.15) is 18.2 Å². The molecule has 0 atom stereocenters. The summed E-state index contributed by atoms with van der Waals surface area (Å²) < 4.78 is 24.3. The molecule has 0 saturated carbocycles. The van der Waals surface area contributed by atoms with Crippen molar-refractivity contribution in [2.24, 2.45) is 0 Å². The summed E-state index contributed by atoms with van der Waals surface area (Å²) >= 11 is 5.49. The number of ether oxygens (including phenoxy) is 2. The molecule has 0 unspecified atom stereocenters. The highest BCUT2D eigenvalue weighted by molar-refractivity contribution is 6.19. The molecule has 20 heavy (non-hydrogen) atoms. The molecule has 0 aliphatic carbocycles. The van der Waals surface area contributed by atoms with Gasteiger partial charge in [-0.15, -0.1) is 11.6 Å². The van der Waals surface area contributed by atoms with Gasteiger partial charge in [0.25, 0.3) is 0 Å². The van der Waals surface area contributed by atoms with E-state index < -0.39 is 0 Å². The van der Waals surface area contributed by atoms with Crippen molar-refractivity contribution in [3.8, 4) is 17.6 Å². The molecule has 1 heterocycles. The van der Waals surface area contributed by atoms with Crippen LogP contribution >= 0.6 is 11.6 Å². The molecular weight excluding hydrogens is 281 g/mol. The first kappa shape index (κ1) is 15.1. The van der Waals surface area contributed by atoms with Crippen LogP contribution in [0.5, 0.6) is 5.75 Å². The smallest absolute Gasteiger partial charge is 0.128 e. The molecule has 0 bridgehead atoms. The Bertz CT molecular complexity index is 492. The number of halogens is 2. The van der Waals surface area contributed by atoms with E-state index in [1.54, 1.807) is 6.07 Å². The standard InChI is InChI=1S/C15H17ClFNO2/c16-3-1-2-13-10-14(17)12-15(11-13)20-9-6-18-4-7-19-8-5-18/h10-12H,3-9H2. The SMILES string of the molecule is Fc1cc(C#CCCl)cc(OCCN2CCOCC2)c1. The van der Waals surface area contributed by atoms with Crippen LogP contribution in [0.15, 0.2) is 18.2 Å². The van der Waals surface area contributed by atoms with Crippen molar-refractivity contribution in [2.45, 2.75) is 0 Å². The first-order chi connectivity index (χ1) is 9.78. The highest BCUT2D eigenvalue weighted by Gasteiger charge is 2.10. The Balaban J connectivity index is 1.86. The van der Waals surface area contributed by atoms with Gasteiger partial charge in [-0.1, -0.05) is 11.8 Å². The largest absolute Gasteiger partial charge is 0.492 e. The van der Waals surface area contributed by atoms with Gasteiger partial charge >= 0.3 is 0 Å². The average Bonchev–Trinajstić information content (AvgIpc) is 2.46. The predicted octanol–water partition coefficient (Wildman–Crippen LogP) is 2.13. The van der Waals surface area contributed by atoms with Crippen LogP contribution in [0, 0.1) is 17.7 Å². The molecule has 1 aromatic carbocycles. The van der Waals surface area contributed by atoms with Gasteiger partial charge < -0.3 is 9.47 Å². The molecule has 0 spiro atoms. The minimum absolute atomic E-state index is 0.226. The number of hydrogen-bond donors (Lipinski definition) is 0. The van der Waals surface area contributed by atoms with Crippen molar-refractivity contribution in [1.82, 2.24) is 4.90 Å². The first-order valence-corrected chi connectivity index (χ1v) is 7.10. The molecule has 1 aromatic rings. The minimum atomic E-state index is -0.354. The number of nitrogens with zero attached hydrogens (tertiary/aromatic N) is 1. The summed E-state index contributed by atoms with van der Waals surface area (Å²) in [7, 11) is 0. The van der Waals surface area contributed by atoms with Gasteiger partial charge in [-0.3, -0.25) is 4.90 Å². The lowest BCUT2D eigenvalue weighted by atomic mass is 10.2. The monoisotopic (exact) mass is 297 g/mol. The second kappa shape index (κ2) is 8.11. The summed E-state index contributed by atoms with van der Waals surface area (Å²) in [5.74, 6) is 5.85. The second-order valence-corrected chi connectivity index (χ2v) is 4.68. The Morgan fingerprint density at radius 1 is 1.30 bits per heavy atom. The van der Waals surface area contributed by atoms with Crippen LogP contribution in [0.4, 0.5) is 4.39 Å². The van der Waals surface area contributed by atoms with Gasteiger partial charge in [-0.05, 0) is 12.1 Å². The fourth-order valence-corrected chi connectivity index (χ4v) is 2.04. The molecule has 1 aliphatic heterocycles. The van der Waals surface area contributed by atoms with Crippen LogP contribution in [0.3, 0.4) is 0 Å². The Kier molecular flexibility index (Phi) is 6.13. The number of morpholine rings is 1. The third kappa shape index (κ3) is 5.01. The summed E-state index contributed by atoms with van der Waals surface area (Å²) in [4.78, 5) is 2.26. The lowest BCUT2D eigenvalue weighted by molar-refractivity contribution is 0.0322. The molecule has 0 aromatic heterocycles. The maximum absolute atomic E-state index is 13.4. The van der Waals surface area contributed by atoms with Crippen molar-refractivity contribution in [1.29, 1.82) is 0 Å². The zero-order chi connectivity index (χ0) is 14.2. The maximum atomic E-state index is 13.4. The Morgan fingerprint density at radius 3 is 2.85 bits per heavy atom. The molecule has 0 radical (unpaired) electrons. The van der Waals surface area contributed by atoms with Crippen LogP contribution in [0.2, 0.25) is 0 Å². The molecule has 1 aliphatic rings. The van der Waals surface area contributed by atoms with Gasteiger partial charge in [-0.2, -0.15) is 0 Å². The minimum Gasteiger partial charge on any atom is -0.492 e. The highest BCUT2D eigenvalue weighted by atomic mass is 35.5. The van der Waals surface area contributed by atoms with E-state index in [1.807, 2.05) is 0 Å².